The third-order valence-corrected chi connectivity index (χ3v) is 2.91. The highest BCUT2D eigenvalue weighted by atomic mass is 16.7. The number of rotatable bonds is 4. The predicted molar refractivity (Wildman–Crippen MR) is 69.6 cm³/mol. The number of benzene rings is 1. The zero-order valence-electron chi connectivity index (χ0n) is 16.6. The summed E-state index contributed by atoms with van der Waals surface area (Å²) >= 11 is 0. The van der Waals surface area contributed by atoms with E-state index in [9.17, 15) is 25.7 Å². The van der Waals surface area contributed by atoms with Gasteiger partial charge in [0, 0.05) is 0 Å². The molecule has 1 aromatic rings. The Morgan fingerprint density at radius 1 is 1.29 bits per heavy atom. The summed E-state index contributed by atoms with van der Waals surface area (Å²) in [5.74, 6) is 0. The third kappa shape index (κ3) is 3.39. The molecule has 6 atom stereocenters. The molecule has 2 rings (SSSR count). The summed E-state index contributed by atoms with van der Waals surface area (Å²) in [7, 11) is 0. The van der Waals surface area contributed by atoms with Gasteiger partial charge in [-0.3, -0.25) is 0 Å². The number of ether oxygens (including phenoxy) is 2. The molecule has 0 aliphatic carbocycles. The highest BCUT2D eigenvalue weighted by Gasteiger charge is 2.44. The summed E-state index contributed by atoms with van der Waals surface area (Å²) in [4.78, 5) is 0. The van der Waals surface area contributed by atoms with E-state index in [1.54, 1.807) is 0 Å². The van der Waals surface area contributed by atoms with Crippen LogP contribution in [0.2, 0.25) is 0 Å². The van der Waals surface area contributed by atoms with Crippen LogP contribution < -0.4 is 0 Å². The lowest BCUT2D eigenvalue weighted by Crippen LogP contribution is -2.59. The molecule has 1 aliphatic heterocycles. The van der Waals surface area contributed by atoms with Crippen LogP contribution in [0.3, 0.4) is 0 Å². The molecule has 4 N–H and O–H groups in total. The molecule has 1 heterocycles. The SMILES string of the molecule is [2H]c1c([2H])c([2H])c(C([2H])(C#N)O[C@@H]2O[C@H](CO)[C@@H](O)[C@H](O)[C@@H]2O)c([2H])c1[2H]. The molecule has 0 amide bonds. The number of nitriles is 1. The van der Waals surface area contributed by atoms with Crippen molar-refractivity contribution in [3.8, 4) is 6.07 Å². The Bertz CT molecular complexity index is 744. The second kappa shape index (κ2) is 6.95. The minimum Gasteiger partial charge on any atom is -0.394 e. The van der Waals surface area contributed by atoms with Crippen LogP contribution in [0, 0.1) is 11.3 Å². The molecular formula is C14H17NO6. The number of aliphatic hydroxyl groups excluding tert-OH is 4. The first-order chi connectivity index (χ1) is 12.5. The van der Waals surface area contributed by atoms with Crippen molar-refractivity contribution in [2.45, 2.75) is 36.8 Å². The van der Waals surface area contributed by atoms with Crippen molar-refractivity contribution in [1.29, 1.82) is 5.26 Å². The van der Waals surface area contributed by atoms with Gasteiger partial charge in [-0.1, -0.05) is 30.2 Å². The summed E-state index contributed by atoms with van der Waals surface area (Å²) in [5, 5.41) is 48.1. The smallest absolute Gasteiger partial charge is 0.188 e. The minimum absolute atomic E-state index is 0.734. The lowest BCUT2D eigenvalue weighted by Gasteiger charge is -2.40. The second-order valence-electron chi connectivity index (χ2n) is 4.26. The molecule has 1 saturated heterocycles. The first-order valence-corrected chi connectivity index (χ1v) is 5.97. The van der Waals surface area contributed by atoms with Crippen LogP contribution in [0.25, 0.3) is 0 Å². The number of hydrogen-bond donors (Lipinski definition) is 4. The normalized spacial score (nSPS) is 39.7. The van der Waals surface area contributed by atoms with Gasteiger partial charge in [0.25, 0.3) is 0 Å². The van der Waals surface area contributed by atoms with Gasteiger partial charge in [0.1, 0.15) is 24.4 Å². The molecule has 0 spiro atoms. The van der Waals surface area contributed by atoms with Gasteiger partial charge >= 0.3 is 0 Å². The van der Waals surface area contributed by atoms with E-state index in [0.29, 0.717) is 0 Å². The molecule has 0 bridgehead atoms. The maximum absolute atomic E-state index is 9.99. The van der Waals surface area contributed by atoms with Crippen LogP contribution in [0.5, 0.6) is 0 Å². The molecule has 0 saturated carbocycles. The van der Waals surface area contributed by atoms with Crippen LogP contribution in [-0.2, 0) is 9.47 Å². The zero-order valence-corrected chi connectivity index (χ0v) is 10.6. The lowest BCUT2D eigenvalue weighted by molar-refractivity contribution is -0.307. The summed E-state index contributed by atoms with van der Waals surface area (Å²) in [6.07, 6.45) is -11.7. The van der Waals surface area contributed by atoms with Gasteiger partial charge < -0.3 is 29.9 Å². The first-order valence-electron chi connectivity index (χ1n) is 8.97. The quantitative estimate of drug-likeness (QED) is 0.566. The molecule has 1 unspecified atom stereocenters. The van der Waals surface area contributed by atoms with Crippen LogP contribution in [-0.4, -0.2) is 57.7 Å². The fraction of sp³-hybridized carbons (Fsp3) is 0.500. The Labute approximate surface area is 130 Å². The Balaban J connectivity index is 2.49. The van der Waals surface area contributed by atoms with E-state index >= 15 is 0 Å². The minimum atomic E-state index is -2.92. The highest BCUT2D eigenvalue weighted by molar-refractivity contribution is 5.22. The van der Waals surface area contributed by atoms with Crippen molar-refractivity contribution in [3.05, 3.63) is 35.8 Å². The Kier molecular flexibility index (Phi) is 3.14. The van der Waals surface area contributed by atoms with E-state index in [1.807, 2.05) is 0 Å². The maximum Gasteiger partial charge on any atom is 0.188 e. The zero-order chi connectivity index (χ0) is 20.7. The average Bonchev–Trinajstić information content (AvgIpc) is 2.65. The van der Waals surface area contributed by atoms with Crippen molar-refractivity contribution < 1.29 is 38.1 Å². The lowest BCUT2D eigenvalue weighted by atomic mass is 9.99. The van der Waals surface area contributed by atoms with Gasteiger partial charge in [-0.15, -0.1) is 0 Å². The molecule has 1 fully saturated rings. The number of nitrogens with zero attached hydrogens (tertiary/aromatic N) is 1. The van der Waals surface area contributed by atoms with Crippen molar-refractivity contribution in [2.75, 3.05) is 6.61 Å². The van der Waals surface area contributed by atoms with E-state index < -0.39 is 79.2 Å². The number of aliphatic hydroxyl groups is 4. The summed E-state index contributed by atoms with van der Waals surface area (Å²) in [6.45, 7) is -0.781. The van der Waals surface area contributed by atoms with E-state index in [2.05, 4.69) is 0 Å². The van der Waals surface area contributed by atoms with Gasteiger partial charge in [0.2, 0.25) is 0 Å². The second-order valence-corrected chi connectivity index (χ2v) is 4.26. The van der Waals surface area contributed by atoms with E-state index in [4.69, 9.17) is 17.7 Å². The monoisotopic (exact) mass is 301 g/mol. The Hall–Kier alpha value is -1.53. The van der Waals surface area contributed by atoms with Gasteiger partial charge in [-0.25, -0.2) is 0 Å². The standard InChI is InChI=1S/C14H17NO6/c15-6-9(8-4-2-1-3-5-8)20-14-13(19)12(18)11(17)10(7-16)21-14/h1-5,9-14,16-19H,7H2/t9?,10-,11-,12+,13+,14-/m1/s1/i1D,2D,3D,4D,5D,9D. The van der Waals surface area contributed by atoms with E-state index in [-0.39, 0.29) is 0 Å². The average molecular weight is 301 g/mol. The van der Waals surface area contributed by atoms with Crippen molar-refractivity contribution >= 4 is 0 Å². The molecule has 1 aliphatic rings. The molecule has 1 aromatic carbocycles. The van der Waals surface area contributed by atoms with Gasteiger partial charge in [0.05, 0.1) is 20.9 Å². The Morgan fingerprint density at radius 3 is 2.52 bits per heavy atom. The van der Waals surface area contributed by atoms with Crippen LogP contribution in [0.1, 0.15) is 19.9 Å². The van der Waals surface area contributed by atoms with E-state index in [1.165, 1.54) is 6.07 Å². The van der Waals surface area contributed by atoms with Crippen LogP contribution >= 0.6 is 0 Å². The summed E-state index contributed by atoms with van der Waals surface area (Å²) in [5.41, 5.74) is -0.812. The van der Waals surface area contributed by atoms with Gasteiger partial charge in [-0.05, 0) is 5.56 Å². The highest BCUT2D eigenvalue weighted by Crippen LogP contribution is 2.27. The summed E-state index contributed by atoms with van der Waals surface area (Å²) < 4.78 is 56.8. The fourth-order valence-corrected chi connectivity index (χ4v) is 1.79. The van der Waals surface area contributed by atoms with Crippen molar-refractivity contribution in [3.63, 3.8) is 0 Å². The molecule has 0 aromatic heterocycles. The van der Waals surface area contributed by atoms with Crippen LogP contribution in [0.4, 0.5) is 0 Å². The van der Waals surface area contributed by atoms with Gasteiger partial charge in [0.15, 0.2) is 12.4 Å². The molecule has 7 nitrogen and oxygen atoms in total. The molecule has 0 radical (unpaired) electrons. The van der Waals surface area contributed by atoms with E-state index in [0.717, 1.165) is 0 Å². The molecular weight excluding hydrogens is 278 g/mol. The maximum atomic E-state index is 9.99. The van der Waals surface area contributed by atoms with Crippen molar-refractivity contribution in [1.82, 2.24) is 0 Å². The fourth-order valence-electron chi connectivity index (χ4n) is 1.79. The third-order valence-electron chi connectivity index (χ3n) is 2.91. The van der Waals surface area contributed by atoms with Gasteiger partial charge in [-0.2, -0.15) is 5.26 Å². The molecule has 7 heteroatoms. The topological polar surface area (TPSA) is 123 Å². The molecule has 21 heavy (non-hydrogen) atoms. The molecule has 114 valence electrons. The van der Waals surface area contributed by atoms with Crippen molar-refractivity contribution in [2.24, 2.45) is 0 Å². The largest absolute Gasteiger partial charge is 0.394 e. The predicted octanol–water partition coefficient (Wildman–Crippen LogP) is -0.932. The first kappa shape index (κ1) is 9.48. The Morgan fingerprint density at radius 2 is 1.95 bits per heavy atom. The number of hydrogen-bond acceptors (Lipinski definition) is 7. The van der Waals surface area contributed by atoms with Crippen LogP contribution in [0.15, 0.2) is 30.2 Å². The summed E-state index contributed by atoms with van der Waals surface area (Å²) in [6, 6.07) is -2.69.